The molecule has 244 valence electrons. The van der Waals surface area contributed by atoms with E-state index in [9.17, 15) is 36.4 Å². The Hall–Kier alpha value is -3.68. The molecule has 0 unspecified atom stereocenters. The van der Waals surface area contributed by atoms with Crippen molar-refractivity contribution in [1.82, 2.24) is 19.8 Å². The van der Waals surface area contributed by atoms with Crippen LogP contribution in [0.2, 0.25) is 0 Å². The Morgan fingerprint density at radius 1 is 0.580 bits per heavy atom. The molecule has 0 radical (unpaired) electrons. The molecular formula is C32H24N6Na2O8S2. The Bertz CT molecular complexity index is 2280. The van der Waals surface area contributed by atoms with Crippen molar-refractivity contribution in [2.24, 2.45) is 0 Å². The van der Waals surface area contributed by atoms with Gasteiger partial charge in [0.1, 0.15) is 31.6 Å². The Labute approximate surface area is 331 Å². The third-order valence-corrected chi connectivity index (χ3v) is 9.31. The van der Waals surface area contributed by atoms with Crippen molar-refractivity contribution in [3.8, 4) is 33.9 Å². The van der Waals surface area contributed by atoms with Gasteiger partial charge in [-0.15, -0.1) is 9.69 Å². The molecular weight excluding hydrogens is 707 g/mol. The van der Waals surface area contributed by atoms with Crippen LogP contribution in [0.3, 0.4) is 0 Å². The minimum atomic E-state index is -5.13. The third kappa shape index (κ3) is 7.79. The van der Waals surface area contributed by atoms with Gasteiger partial charge in [0.15, 0.2) is 11.4 Å². The van der Waals surface area contributed by atoms with Crippen molar-refractivity contribution in [2.75, 3.05) is 0 Å². The summed E-state index contributed by atoms with van der Waals surface area (Å²) in [6.45, 7) is 3.08. The van der Waals surface area contributed by atoms with Crippen LogP contribution in [-0.2, 0) is 20.2 Å². The maximum absolute atomic E-state index is 13.0. The Morgan fingerprint density at radius 2 is 0.920 bits per heavy atom. The Kier molecular flexibility index (Phi) is 12.0. The summed E-state index contributed by atoms with van der Waals surface area (Å²) < 4.78 is 74.0. The molecule has 0 atom stereocenters. The van der Waals surface area contributed by atoms with E-state index in [4.69, 9.17) is 0 Å². The standard InChI is InChI=1S/C32H26N6O8S2.2Na/c1-21-31(25-9-5-3-6-10-25)33-35(37(21)39)27-17-15-23(29(19-27)47(41,42)43)13-14-24-16-18-28(20-30(24)48(44,45)46)36-34-32(22(2)38(36)40)26-11-7-4-8-12-26;;/h3-20H,1-2H3,(H,41,42,43)(H,44,45,46);;/q;2*+1/p-2/b14-13+;;. The Morgan fingerprint density at radius 3 is 1.24 bits per heavy atom. The van der Waals surface area contributed by atoms with Crippen LogP contribution in [0.4, 0.5) is 0 Å². The molecule has 0 saturated heterocycles. The number of hydrogen-bond donors (Lipinski definition) is 0. The third-order valence-electron chi connectivity index (χ3n) is 7.52. The van der Waals surface area contributed by atoms with Crippen molar-refractivity contribution in [1.29, 1.82) is 0 Å². The molecule has 2 heterocycles. The van der Waals surface area contributed by atoms with Gasteiger partial charge in [0.05, 0.1) is 20.0 Å². The van der Waals surface area contributed by atoms with Crippen molar-refractivity contribution < 1.29 is 94.7 Å². The molecule has 0 fully saturated rings. The largest absolute Gasteiger partial charge is 1.00 e. The maximum Gasteiger partial charge on any atom is 1.00 e. The second kappa shape index (κ2) is 15.3. The quantitative estimate of drug-likeness (QED) is 0.0520. The molecule has 6 rings (SSSR count). The second-order valence-corrected chi connectivity index (χ2v) is 13.3. The maximum atomic E-state index is 13.0. The van der Waals surface area contributed by atoms with Gasteiger partial charge in [-0.05, 0) is 45.0 Å². The molecule has 0 N–H and O–H groups in total. The van der Waals surface area contributed by atoms with Crippen LogP contribution < -0.4 is 68.8 Å². The minimum Gasteiger partial charge on any atom is -0.744 e. The van der Waals surface area contributed by atoms with Crippen LogP contribution in [-0.4, -0.2) is 45.7 Å². The van der Waals surface area contributed by atoms with Gasteiger partial charge < -0.3 is 19.5 Å². The minimum absolute atomic E-state index is 0. The zero-order valence-corrected chi connectivity index (χ0v) is 32.8. The first-order valence-corrected chi connectivity index (χ1v) is 16.9. The summed E-state index contributed by atoms with van der Waals surface area (Å²) in [6.07, 6.45) is 2.29. The summed E-state index contributed by atoms with van der Waals surface area (Å²) in [5.41, 5.74) is 2.11. The van der Waals surface area contributed by atoms with E-state index in [1.165, 1.54) is 24.3 Å². The van der Waals surface area contributed by atoms with E-state index in [1.807, 2.05) is 0 Å². The SMILES string of the molecule is Cc1c(-c2ccccc2)nn(-c2ccc(/C=C/c3ccc(-n4nc(-c5ccccc5)c(C)[n+]4[O-])cc3S(=O)(=O)[O-])c(S(=O)(=O)[O-])c2)[n+]1[O-].[Na+].[Na+]. The summed E-state index contributed by atoms with van der Waals surface area (Å²) in [6, 6.07) is 24.8. The van der Waals surface area contributed by atoms with Gasteiger partial charge >= 0.3 is 59.1 Å². The van der Waals surface area contributed by atoms with E-state index in [0.717, 1.165) is 33.9 Å². The van der Waals surface area contributed by atoms with E-state index in [2.05, 4.69) is 10.2 Å². The van der Waals surface area contributed by atoms with Gasteiger partial charge in [-0.3, -0.25) is 0 Å². The van der Waals surface area contributed by atoms with Crippen LogP contribution >= 0.6 is 0 Å². The molecule has 4 aromatic carbocycles. The van der Waals surface area contributed by atoms with E-state index in [-0.39, 0.29) is 93.0 Å². The van der Waals surface area contributed by atoms with Crippen molar-refractivity contribution in [2.45, 2.75) is 23.6 Å². The summed E-state index contributed by atoms with van der Waals surface area (Å²) in [4.78, 5) is 1.28. The first-order chi connectivity index (χ1) is 22.7. The average Bonchev–Trinajstić information content (AvgIpc) is 3.53. The fourth-order valence-corrected chi connectivity index (χ4v) is 6.49. The van der Waals surface area contributed by atoms with Crippen LogP contribution in [0.5, 0.6) is 0 Å². The van der Waals surface area contributed by atoms with Crippen molar-refractivity contribution >= 4 is 32.4 Å². The number of hydrogen-bond acceptors (Lipinski definition) is 10. The van der Waals surface area contributed by atoms with E-state index in [0.29, 0.717) is 32.2 Å². The zero-order chi connectivity index (χ0) is 34.4. The van der Waals surface area contributed by atoms with E-state index < -0.39 is 30.0 Å². The summed E-state index contributed by atoms with van der Waals surface area (Å²) in [7, 11) is -10.3. The number of rotatable bonds is 8. The molecule has 0 aliphatic rings. The molecule has 14 nitrogen and oxygen atoms in total. The molecule has 0 amide bonds. The van der Waals surface area contributed by atoms with Crippen LogP contribution in [0.1, 0.15) is 22.5 Å². The molecule has 18 heteroatoms. The van der Waals surface area contributed by atoms with Gasteiger partial charge in [0.25, 0.3) is 11.4 Å². The molecule has 0 aliphatic carbocycles. The molecule has 6 aromatic rings. The number of aromatic nitrogens is 6. The summed E-state index contributed by atoms with van der Waals surface area (Å²) >= 11 is 0. The molecule has 0 spiro atoms. The predicted molar refractivity (Wildman–Crippen MR) is 170 cm³/mol. The van der Waals surface area contributed by atoms with Crippen LogP contribution in [0.25, 0.3) is 46.0 Å². The molecule has 0 saturated carbocycles. The zero-order valence-electron chi connectivity index (χ0n) is 27.2. The van der Waals surface area contributed by atoms with Crippen molar-refractivity contribution in [3.63, 3.8) is 0 Å². The molecule has 0 aliphatic heterocycles. The van der Waals surface area contributed by atoms with Crippen molar-refractivity contribution in [3.05, 3.63) is 130 Å². The second-order valence-electron chi connectivity index (χ2n) is 10.6. The summed E-state index contributed by atoms with van der Waals surface area (Å²) in [5.74, 6) is 0. The molecule has 0 bridgehead atoms. The van der Waals surface area contributed by atoms with E-state index in [1.54, 1.807) is 74.5 Å². The van der Waals surface area contributed by atoms with Gasteiger partial charge in [-0.2, -0.15) is 0 Å². The topological polar surface area (TPSA) is 204 Å². The Balaban J connectivity index is 0.00000281. The van der Waals surface area contributed by atoms with Gasteiger partial charge in [-0.1, -0.05) is 84.9 Å². The van der Waals surface area contributed by atoms with Gasteiger partial charge in [0.2, 0.25) is 0 Å². The number of nitrogens with zero attached hydrogens (tertiary/aromatic N) is 6. The molecule has 2 aromatic heterocycles. The van der Waals surface area contributed by atoms with Gasteiger partial charge in [-0.25, -0.2) is 16.8 Å². The first kappa shape index (κ1) is 39.1. The van der Waals surface area contributed by atoms with Gasteiger partial charge in [0, 0.05) is 25.0 Å². The van der Waals surface area contributed by atoms with Crippen LogP contribution in [0.15, 0.2) is 107 Å². The normalized spacial score (nSPS) is 11.7. The molecule has 50 heavy (non-hydrogen) atoms. The van der Waals surface area contributed by atoms with E-state index >= 15 is 0 Å². The van der Waals surface area contributed by atoms with Crippen LogP contribution in [0, 0.1) is 24.3 Å². The predicted octanol–water partition coefficient (Wildman–Crippen LogP) is -2.74. The fourth-order valence-electron chi connectivity index (χ4n) is 5.11. The smallest absolute Gasteiger partial charge is 0.744 e. The fraction of sp³-hybridized carbons (Fsp3) is 0.0625. The average molecular weight is 731 g/mol. The first-order valence-electron chi connectivity index (χ1n) is 14.1. The summed E-state index contributed by atoms with van der Waals surface area (Å²) in [5, 5.41) is 34.5. The number of benzene rings is 4. The monoisotopic (exact) mass is 730 g/mol.